The van der Waals surface area contributed by atoms with Gasteiger partial charge < -0.3 is 20.3 Å². The zero-order valence-corrected chi connectivity index (χ0v) is 51.5. The summed E-state index contributed by atoms with van der Waals surface area (Å²) in [4.78, 5) is 24.5. The Bertz CT molecular complexity index is 1190. The van der Waals surface area contributed by atoms with Gasteiger partial charge >= 0.3 is 5.97 Å². The number of hydrogen-bond donors (Lipinski definition) is 3. The zero-order valence-electron chi connectivity index (χ0n) is 51.5. The number of rotatable bonds is 65. The fourth-order valence-corrected chi connectivity index (χ4v) is 10.9. The van der Waals surface area contributed by atoms with E-state index in [2.05, 4.69) is 43.5 Å². The van der Waals surface area contributed by atoms with Crippen LogP contribution in [0.15, 0.2) is 24.3 Å². The van der Waals surface area contributed by atoms with E-state index in [1.807, 2.05) is 0 Å². The van der Waals surface area contributed by atoms with Crippen LogP contribution in [0.2, 0.25) is 0 Å². The first-order valence-electron chi connectivity index (χ1n) is 34.6. The van der Waals surface area contributed by atoms with Gasteiger partial charge in [-0.15, -0.1) is 0 Å². The summed E-state index contributed by atoms with van der Waals surface area (Å²) < 4.78 is 5.46. The Morgan fingerprint density at radius 2 is 0.632 bits per heavy atom. The van der Waals surface area contributed by atoms with Gasteiger partial charge in [-0.1, -0.05) is 327 Å². The third-order valence-electron chi connectivity index (χ3n) is 16.2. The number of unbranched alkanes of at least 4 members (excludes halogenated alkanes) is 50. The van der Waals surface area contributed by atoms with Crippen LogP contribution in [0.3, 0.4) is 0 Å². The van der Waals surface area contributed by atoms with Crippen LogP contribution in [0.4, 0.5) is 0 Å². The maximum Gasteiger partial charge on any atom is 0.305 e. The average Bonchev–Trinajstić information content (AvgIpc) is 3.42. The third kappa shape index (κ3) is 61.6. The molecule has 3 N–H and O–H groups in total. The van der Waals surface area contributed by atoms with Crippen LogP contribution in [0.1, 0.15) is 386 Å². The second-order valence-corrected chi connectivity index (χ2v) is 23.9. The molecule has 0 aliphatic rings. The smallest absolute Gasteiger partial charge is 0.305 e. The van der Waals surface area contributed by atoms with Gasteiger partial charge in [-0.25, -0.2) is 0 Å². The highest BCUT2D eigenvalue weighted by Gasteiger charge is 2.20. The highest BCUT2D eigenvalue weighted by molar-refractivity contribution is 5.76. The van der Waals surface area contributed by atoms with Gasteiger partial charge in [-0.2, -0.15) is 0 Å². The highest BCUT2D eigenvalue weighted by Crippen LogP contribution is 2.19. The summed E-state index contributed by atoms with van der Waals surface area (Å²) >= 11 is 0. The second-order valence-electron chi connectivity index (χ2n) is 23.9. The Morgan fingerprint density at radius 1 is 0.355 bits per heavy atom. The minimum absolute atomic E-state index is 0.00699. The molecule has 1 amide bonds. The average molecular weight is 1070 g/mol. The summed E-state index contributed by atoms with van der Waals surface area (Å²) in [6.07, 6.45) is 82.3. The van der Waals surface area contributed by atoms with E-state index in [4.69, 9.17) is 4.74 Å². The van der Waals surface area contributed by atoms with Crippen molar-refractivity contribution in [1.82, 2.24) is 5.32 Å². The number of carbonyl (C=O) groups excluding carboxylic acids is 2. The van der Waals surface area contributed by atoms with Gasteiger partial charge in [0.05, 0.1) is 25.4 Å². The summed E-state index contributed by atoms with van der Waals surface area (Å²) in [6.45, 7) is 4.95. The molecule has 450 valence electrons. The standard InChI is InChI=1S/C70H135NO5/c1-3-5-7-9-11-13-15-16-17-33-36-39-43-46-50-54-58-62-68(73)67(66-72)71-69(74)63-59-55-51-47-44-40-37-34-31-29-27-25-23-21-19-18-20-22-24-26-28-30-32-35-38-41-45-49-53-57-61-65-76-70(75)64-60-56-52-48-42-14-12-10-8-6-4-2/h10,12,20,22,67-68,72-73H,3-9,11,13-19,21,23-66H2,1-2H3,(H,71,74)/b12-10-,22-20-. The molecular formula is C70H135NO5. The molecule has 0 fully saturated rings. The van der Waals surface area contributed by atoms with Gasteiger partial charge in [0.2, 0.25) is 5.91 Å². The Hall–Kier alpha value is -1.66. The Kier molecular flexibility index (Phi) is 64.4. The van der Waals surface area contributed by atoms with Crippen molar-refractivity contribution in [1.29, 1.82) is 0 Å². The van der Waals surface area contributed by atoms with Crippen LogP contribution in [-0.2, 0) is 14.3 Å². The summed E-state index contributed by atoms with van der Waals surface area (Å²) in [5.74, 6) is -0.0224. The fraction of sp³-hybridized carbons (Fsp3) is 0.914. The van der Waals surface area contributed by atoms with E-state index in [0.717, 1.165) is 44.9 Å². The zero-order chi connectivity index (χ0) is 55.0. The minimum atomic E-state index is -0.663. The predicted octanol–water partition coefficient (Wildman–Crippen LogP) is 22.1. The van der Waals surface area contributed by atoms with E-state index in [0.29, 0.717) is 25.9 Å². The number of esters is 1. The van der Waals surface area contributed by atoms with E-state index < -0.39 is 12.1 Å². The molecule has 0 aromatic heterocycles. The molecule has 2 atom stereocenters. The number of aliphatic hydroxyl groups excluding tert-OH is 2. The van der Waals surface area contributed by atoms with E-state index in [9.17, 15) is 19.8 Å². The van der Waals surface area contributed by atoms with Crippen molar-refractivity contribution in [3.05, 3.63) is 24.3 Å². The van der Waals surface area contributed by atoms with Crippen LogP contribution >= 0.6 is 0 Å². The van der Waals surface area contributed by atoms with Crippen molar-refractivity contribution in [2.45, 2.75) is 398 Å². The topological polar surface area (TPSA) is 95.9 Å². The molecular weight excluding hydrogens is 935 g/mol. The molecule has 0 rings (SSSR count). The second kappa shape index (κ2) is 65.9. The monoisotopic (exact) mass is 1070 g/mol. The summed E-state index contributed by atoms with van der Waals surface area (Å²) in [5, 5.41) is 23.4. The highest BCUT2D eigenvalue weighted by atomic mass is 16.5. The predicted molar refractivity (Wildman–Crippen MR) is 333 cm³/mol. The largest absolute Gasteiger partial charge is 0.466 e. The van der Waals surface area contributed by atoms with Crippen molar-refractivity contribution < 1.29 is 24.5 Å². The van der Waals surface area contributed by atoms with Gasteiger partial charge in [-0.3, -0.25) is 9.59 Å². The number of aliphatic hydroxyl groups is 2. The molecule has 0 saturated carbocycles. The van der Waals surface area contributed by atoms with E-state index >= 15 is 0 Å². The van der Waals surface area contributed by atoms with Crippen molar-refractivity contribution in [3.8, 4) is 0 Å². The third-order valence-corrected chi connectivity index (χ3v) is 16.2. The van der Waals surface area contributed by atoms with Crippen LogP contribution in [0, 0.1) is 0 Å². The first-order chi connectivity index (χ1) is 37.5. The normalized spacial score (nSPS) is 12.6. The lowest BCUT2D eigenvalue weighted by molar-refractivity contribution is -0.143. The quantitative estimate of drug-likeness (QED) is 0.0320. The van der Waals surface area contributed by atoms with Crippen LogP contribution in [0.25, 0.3) is 0 Å². The number of carbonyl (C=O) groups is 2. The SMILES string of the molecule is CCCC/C=C\CCCCCCCC(=O)OCCCCCCCCCCCCCC/C=C\CCCCCCCCCCCCCCCCCC(=O)NC(CO)C(O)CCCCCCCCCCCCCCCCCCC. The van der Waals surface area contributed by atoms with E-state index in [-0.39, 0.29) is 18.5 Å². The lowest BCUT2D eigenvalue weighted by Crippen LogP contribution is -2.45. The first-order valence-corrected chi connectivity index (χ1v) is 34.6. The van der Waals surface area contributed by atoms with E-state index in [1.165, 1.54) is 308 Å². The van der Waals surface area contributed by atoms with Crippen LogP contribution < -0.4 is 5.32 Å². The number of hydrogen-bond acceptors (Lipinski definition) is 5. The van der Waals surface area contributed by atoms with Crippen molar-refractivity contribution in [2.24, 2.45) is 0 Å². The molecule has 0 bridgehead atoms. The van der Waals surface area contributed by atoms with Gasteiger partial charge in [-0.05, 0) is 70.6 Å². The molecule has 6 nitrogen and oxygen atoms in total. The maximum absolute atomic E-state index is 12.5. The summed E-state index contributed by atoms with van der Waals surface area (Å²) in [6, 6.07) is -0.540. The Morgan fingerprint density at radius 3 is 0.974 bits per heavy atom. The van der Waals surface area contributed by atoms with E-state index in [1.54, 1.807) is 0 Å². The molecule has 0 spiro atoms. The first kappa shape index (κ1) is 74.3. The molecule has 0 heterocycles. The number of allylic oxidation sites excluding steroid dienone is 4. The minimum Gasteiger partial charge on any atom is -0.466 e. The molecule has 0 aromatic rings. The lowest BCUT2D eigenvalue weighted by atomic mass is 10.0. The molecule has 76 heavy (non-hydrogen) atoms. The molecule has 0 saturated heterocycles. The summed E-state index contributed by atoms with van der Waals surface area (Å²) in [7, 11) is 0. The van der Waals surface area contributed by atoms with Crippen molar-refractivity contribution in [3.63, 3.8) is 0 Å². The van der Waals surface area contributed by atoms with Gasteiger partial charge in [0.1, 0.15) is 0 Å². The van der Waals surface area contributed by atoms with Gasteiger partial charge in [0.25, 0.3) is 0 Å². The number of ether oxygens (including phenoxy) is 1. The molecule has 0 aliphatic heterocycles. The molecule has 0 aromatic carbocycles. The Labute approximate surface area is 475 Å². The number of nitrogens with one attached hydrogen (secondary N) is 1. The molecule has 0 aliphatic carbocycles. The fourth-order valence-electron chi connectivity index (χ4n) is 10.9. The number of amides is 1. The summed E-state index contributed by atoms with van der Waals surface area (Å²) in [5.41, 5.74) is 0. The van der Waals surface area contributed by atoms with Crippen LogP contribution in [0.5, 0.6) is 0 Å². The van der Waals surface area contributed by atoms with Gasteiger partial charge in [0, 0.05) is 12.8 Å². The van der Waals surface area contributed by atoms with Crippen molar-refractivity contribution in [2.75, 3.05) is 13.2 Å². The Balaban J connectivity index is 3.36. The molecule has 2 unspecified atom stereocenters. The maximum atomic E-state index is 12.5. The van der Waals surface area contributed by atoms with Crippen LogP contribution in [-0.4, -0.2) is 47.4 Å². The van der Waals surface area contributed by atoms with Crippen molar-refractivity contribution >= 4 is 11.9 Å². The lowest BCUT2D eigenvalue weighted by Gasteiger charge is -2.22. The van der Waals surface area contributed by atoms with Gasteiger partial charge in [0.15, 0.2) is 0 Å². The molecule has 6 heteroatoms. The molecule has 0 radical (unpaired) electrons.